The van der Waals surface area contributed by atoms with Crippen molar-refractivity contribution in [3.63, 3.8) is 0 Å². The van der Waals surface area contributed by atoms with Crippen LogP contribution in [0.25, 0.3) is 0 Å². The SMILES string of the molecule is COC(=O)c1cccc(CNCCN[C@@H](C(=O)OC(C)(C)C)C(C)(C)C)n1. The molecule has 0 aliphatic rings. The average Bonchev–Trinajstić information content (AvgIpc) is 2.54. The van der Waals surface area contributed by atoms with Crippen LogP contribution in [-0.4, -0.2) is 48.8 Å². The van der Waals surface area contributed by atoms with Crippen LogP contribution < -0.4 is 10.6 Å². The van der Waals surface area contributed by atoms with Gasteiger partial charge in [0.15, 0.2) is 0 Å². The number of hydrogen-bond donors (Lipinski definition) is 2. The molecule has 0 unspecified atom stereocenters. The van der Waals surface area contributed by atoms with Crippen LogP contribution in [0.2, 0.25) is 0 Å². The van der Waals surface area contributed by atoms with Crippen LogP contribution in [0.5, 0.6) is 0 Å². The highest BCUT2D eigenvalue weighted by molar-refractivity contribution is 5.87. The van der Waals surface area contributed by atoms with Gasteiger partial charge in [-0.15, -0.1) is 0 Å². The number of aromatic nitrogens is 1. The number of ether oxygens (including phenoxy) is 2. The number of nitrogens with zero attached hydrogens (tertiary/aromatic N) is 1. The topological polar surface area (TPSA) is 89.6 Å². The summed E-state index contributed by atoms with van der Waals surface area (Å²) >= 11 is 0. The fourth-order valence-corrected chi connectivity index (χ4v) is 2.42. The van der Waals surface area contributed by atoms with E-state index in [1.807, 2.05) is 47.6 Å². The highest BCUT2D eigenvalue weighted by Crippen LogP contribution is 2.22. The van der Waals surface area contributed by atoms with Gasteiger partial charge in [-0.25, -0.2) is 9.78 Å². The van der Waals surface area contributed by atoms with Gasteiger partial charge in [-0.1, -0.05) is 26.8 Å². The van der Waals surface area contributed by atoms with E-state index in [4.69, 9.17) is 4.74 Å². The minimum absolute atomic E-state index is 0.248. The number of carbonyl (C=O) groups is 2. The van der Waals surface area contributed by atoms with Gasteiger partial charge in [0.25, 0.3) is 0 Å². The number of nitrogens with one attached hydrogen (secondary N) is 2. The first-order valence-electron chi connectivity index (χ1n) is 9.15. The molecule has 152 valence electrons. The second-order valence-electron chi connectivity index (χ2n) is 8.47. The van der Waals surface area contributed by atoms with Gasteiger partial charge >= 0.3 is 11.9 Å². The molecule has 1 aromatic heterocycles. The van der Waals surface area contributed by atoms with Gasteiger partial charge in [0.2, 0.25) is 0 Å². The van der Waals surface area contributed by atoms with Crippen LogP contribution in [0, 0.1) is 5.41 Å². The molecule has 0 spiro atoms. The molecular formula is C20H33N3O4. The van der Waals surface area contributed by atoms with Crippen molar-refractivity contribution < 1.29 is 19.1 Å². The normalized spacial score (nSPS) is 13.1. The maximum Gasteiger partial charge on any atom is 0.356 e. The lowest BCUT2D eigenvalue weighted by Crippen LogP contribution is -2.50. The predicted octanol–water partition coefficient (Wildman–Crippen LogP) is 2.30. The molecule has 27 heavy (non-hydrogen) atoms. The molecule has 7 heteroatoms. The largest absolute Gasteiger partial charge is 0.464 e. The Morgan fingerprint density at radius 2 is 1.78 bits per heavy atom. The third-order valence-electron chi connectivity index (χ3n) is 3.67. The Morgan fingerprint density at radius 3 is 2.33 bits per heavy atom. The van der Waals surface area contributed by atoms with Gasteiger partial charge in [0, 0.05) is 19.6 Å². The Bertz CT molecular complexity index is 633. The van der Waals surface area contributed by atoms with E-state index in [9.17, 15) is 9.59 Å². The smallest absolute Gasteiger partial charge is 0.356 e. The quantitative estimate of drug-likeness (QED) is 0.529. The molecule has 0 radical (unpaired) electrons. The fourth-order valence-electron chi connectivity index (χ4n) is 2.42. The van der Waals surface area contributed by atoms with Crippen molar-refractivity contribution in [1.29, 1.82) is 0 Å². The van der Waals surface area contributed by atoms with Crippen molar-refractivity contribution in [1.82, 2.24) is 15.6 Å². The Balaban J connectivity index is 2.50. The second-order valence-corrected chi connectivity index (χ2v) is 8.47. The summed E-state index contributed by atoms with van der Waals surface area (Å²) in [5, 5.41) is 6.53. The standard InChI is InChI=1S/C20H33N3O4/c1-19(2,3)16(18(25)27-20(4,5)6)22-12-11-21-13-14-9-8-10-15(23-14)17(24)26-7/h8-10,16,21-22H,11-13H2,1-7H3/t16-/m0/s1. The van der Waals surface area contributed by atoms with E-state index in [0.717, 1.165) is 5.69 Å². The summed E-state index contributed by atoms with van der Waals surface area (Å²) in [5.41, 5.74) is 0.250. The molecule has 1 atom stereocenters. The summed E-state index contributed by atoms with van der Waals surface area (Å²) in [5.74, 6) is -0.702. The van der Waals surface area contributed by atoms with Gasteiger partial charge in [0.1, 0.15) is 17.3 Å². The van der Waals surface area contributed by atoms with E-state index in [1.165, 1.54) is 7.11 Å². The number of rotatable bonds is 8. The lowest BCUT2D eigenvalue weighted by molar-refractivity contribution is -0.160. The van der Waals surface area contributed by atoms with Gasteiger partial charge < -0.3 is 20.1 Å². The minimum Gasteiger partial charge on any atom is -0.464 e. The summed E-state index contributed by atoms with van der Waals surface area (Å²) in [6.07, 6.45) is 0. The zero-order chi connectivity index (χ0) is 20.7. The molecule has 2 N–H and O–H groups in total. The van der Waals surface area contributed by atoms with Crippen LogP contribution in [0.1, 0.15) is 57.7 Å². The van der Waals surface area contributed by atoms with Crippen molar-refractivity contribution in [3.8, 4) is 0 Å². The first-order chi connectivity index (χ1) is 12.4. The van der Waals surface area contributed by atoms with Crippen molar-refractivity contribution >= 4 is 11.9 Å². The lowest BCUT2D eigenvalue weighted by Gasteiger charge is -2.32. The summed E-state index contributed by atoms with van der Waals surface area (Å²) in [4.78, 5) is 28.2. The highest BCUT2D eigenvalue weighted by atomic mass is 16.6. The number of esters is 2. The molecular weight excluding hydrogens is 346 g/mol. The monoisotopic (exact) mass is 379 g/mol. The second kappa shape index (κ2) is 9.80. The third kappa shape index (κ3) is 8.49. The first-order valence-corrected chi connectivity index (χ1v) is 9.15. The van der Waals surface area contributed by atoms with Crippen LogP contribution in [0.15, 0.2) is 18.2 Å². The number of carbonyl (C=O) groups excluding carboxylic acids is 2. The summed E-state index contributed by atoms with van der Waals surface area (Å²) < 4.78 is 10.2. The van der Waals surface area contributed by atoms with Gasteiger partial charge in [-0.05, 0) is 38.3 Å². The van der Waals surface area contributed by atoms with Gasteiger partial charge in [0.05, 0.1) is 12.8 Å². The number of hydrogen-bond acceptors (Lipinski definition) is 7. The fraction of sp³-hybridized carbons (Fsp3) is 0.650. The Morgan fingerprint density at radius 1 is 1.11 bits per heavy atom. The summed E-state index contributed by atoms with van der Waals surface area (Å²) in [6.45, 7) is 13.3. The van der Waals surface area contributed by atoms with Crippen molar-refractivity contribution in [2.75, 3.05) is 20.2 Å². The van der Waals surface area contributed by atoms with Crippen molar-refractivity contribution in [2.45, 2.75) is 59.7 Å². The summed E-state index contributed by atoms with van der Waals surface area (Å²) in [6, 6.07) is 4.82. The first kappa shape index (κ1) is 23.0. The van der Waals surface area contributed by atoms with Crippen LogP contribution in [0.3, 0.4) is 0 Å². The van der Waals surface area contributed by atoms with E-state index in [1.54, 1.807) is 12.1 Å². The highest BCUT2D eigenvalue weighted by Gasteiger charge is 2.34. The molecule has 7 nitrogen and oxygen atoms in total. The number of methoxy groups -OCH3 is 1. The van der Waals surface area contributed by atoms with E-state index >= 15 is 0 Å². The molecule has 0 saturated carbocycles. The van der Waals surface area contributed by atoms with Gasteiger partial charge in [-0.3, -0.25) is 4.79 Å². The van der Waals surface area contributed by atoms with Crippen molar-refractivity contribution in [2.24, 2.45) is 5.41 Å². The maximum absolute atomic E-state index is 12.5. The number of pyridine rings is 1. The third-order valence-corrected chi connectivity index (χ3v) is 3.67. The zero-order valence-corrected chi connectivity index (χ0v) is 17.5. The molecule has 0 saturated heterocycles. The van der Waals surface area contributed by atoms with E-state index in [-0.39, 0.29) is 17.1 Å². The summed E-state index contributed by atoms with van der Waals surface area (Å²) in [7, 11) is 1.33. The van der Waals surface area contributed by atoms with E-state index in [0.29, 0.717) is 19.6 Å². The van der Waals surface area contributed by atoms with Crippen molar-refractivity contribution in [3.05, 3.63) is 29.6 Å². The Labute approximate surface area is 162 Å². The molecule has 0 aliphatic carbocycles. The molecule has 0 aromatic carbocycles. The Kier molecular flexibility index (Phi) is 8.37. The van der Waals surface area contributed by atoms with E-state index in [2.05, 4.69) is 20.4 Å². The maximum atomic E-state index is 12.5. The van der Waals surface area contributed by atoms with E-state index < -0.39 is 17.6 Å². The molecule has 0 aliphatic heterocycles. The predicted molar refractivity (Wildman–Crippen MR) is 104 cm³/mol. The Hall–Kier alpha value is -1.99. The molecule has 0 amide bonds. The van der Waals surface area contributed by atoms with Crippen LogP contribution in [-0.2, 0) is 20.8 Å². The molecule has 1 heterocycles. The molecule has 0 fully saturated rings. The average molecular weight is 380 g/mol. The molecule has 1 aromatic rings. The lowest BCUT2D eigenvalue weighted by atomic mass is 9.86. The molecule has 1 rings (SSSR count). The minimum atomic E-state index is -0.517. The van der Waals surface area contributed by atoms with Crippen LogP contribution >= 0.6 is 0 Å². The molecule has 0 bridgehead atoms. The van der Waals surface area contributed by atoms with Crippen LogP contribution in [0.4, 0.5) is 0 Å². The zero-order valence-electron chi connectivity index (χ0n) is 17.5. The van der Waals surface area contributed by atoms with Gasteiger partial charge in [-0.2, -0.15) is 0 Å².